The Morgan fingerprint density at radius 3 is 2.07 bits per heavy atom. The summed E-state index contributed by atoms with van der Waals surface area (Å²) in [4.78, 5) is 10.3. The molecule has 4 rings (SSSR count). The number of benzene rings is 3. The first-order chi connectivity index (χ1) is 14.0. The van der Waals surface area contributed by atoms with Gasteiger partial charge in [0.15, 0.2) is 0 Å². The van der Waals surface area contributed by atoms with Crippen LogP contribution in [0.1, 0.15) is 11.6 Å². The first-order valence-electron chi connectivity index (χ1n) is 8.99. The Hall–Kier alpha value is -3.23. The second kappa shape index (κ2) is 7.65. The lowest BCUT2D eigenvalue weighted by Crippen LogP contribution is -2.18. The highest BCUT2D eigenvalue weighted by molar-refractivity contribution is 7.89. The average Bonchev–Trinajstić information content (AvgIpc) is 3.49. The molecule has 1 aliphatic rings. The summed E-state index contributed by atoms with van der Waals surface area (Å²) in [6.45, 7) is 0.204. The molecule has 148 valence electrons. The van der Waals surface area contributed by atoms with Crippen molar-refractivity contribution in [3.63, 3.8) is 0 Å². The molecular weight excluding hydrogens is 392 g/mol. The van der Waals surface area contributed by atoms with Gasteiger partial charge in [-0.15, -0.1) is 0 Å². The molecular formula is C21H18N2O5S. The van der Waals surface area contributed by atoms with Gasteiger partial charge in [-0.2, -0.15) is 4.31 Å². The van der Waals surface area contributed by atoms with Gasteiger partial charge in [0, 0.05) is 12.1 Å². The highest BCUT2D eigenvalue weighted by Gasteiger charge is 2.56. The third kappa shape index (κ3) is 3.85. The van der Waals surface area contributed by atoms with Crippen molar-refractivity contribution < 1.29 is 18.1 Å². The van der Waals surface area contributed by atoms with Crippen LogP contribution in [0.15, 0.2) is 89.8 Å². The van der Waals surface area contributed by atoms with E-state index in [0.29, 0.717) is 5.75 Å². The fraction of sp³-hybridized carbons (Fsp3) is 0.143. The van der Waals surface area contributed by atoms with Crippen LogP contribution in [0, 0.1) is 10.1 Å². The van der Waals surface area contributed by atoms with E-state index < -0.39 is 14.9 Å². The van der Waals surface area contributed by atoms with E-state index in [1.165, 1.54) is 28.6 Å². The molecule has 0 spiro atoms. The van der Waals surface area contributed by atoms with E-state index in [2.05, 4.69) is 0 Å². The van der Waals surface area contributed by atoms with Crippen LogP contribution in [0.3, 0.4) is 0 Å². The van der Waals surface area contributed by atoms with Crippen molar-refractivity contribution in [3.8, 4) is 5.75 Å². The van der Waals surface area contributed by atoms with Crippen LogP contribution in [0.25, 0.3) is 0 Å². The van der Waals surface area contributed by atoms with Crippen molar-refractivity contribution in [2.45, 2.75) is 17.0 Å². The molecule has 0 aliphatic carbocycles. The molecule has 1 aliphatic heterocycles. The fourth-order valence-corrected chi connectivity index (χ4v) is 5.09. The Balaban J connectivity index is 1.60. The molecule has 1 heterocycles. The number of ether oxygens (including phenoxy) is 1. The molecule has 0 aromatic heterocycles. The smallest absolute Gasteiger partial charge is 0.269 e. The maximum atomic E-state index is 13.2. The molecule has 3 atom stereocenters. The van der Waals surface area contributed by atoms with Gasteiger partial charge < -0.3 is 4.74 Å². The molecule has 0 radical (unpaired) electrons. The summed E-state index contributed by atoms with van der Waals surface area (Å²) in [6, 6.07) is 22.8. The number of hydrogen-bond donors (Lipinski definition) is 0. The quantitative estimate of drug-likeness (QED) is 0.336. The molecule has 1 saturated heterocycles. The molecule has 1 unspecified atom stereocenters. The van der Waals surface area contributed by atoms with Crippen LogP contribution in [-0.4, -0.2) is 30.3 Å². The van der Waals surface area contributed by atoms with E-state index in [1.54, 1.807) is 0 Å². The van der Waals surface area contributed by atoms with Crippen LogP contribution in [0.2, 0.25) is 0 Å². The Morgan fingerprint density at radius 1 is 0.897 bits per heavy atom. The van der Waals surface area contributed by atoms with Gasteiger partial charge in [0.1, 0.15) is 12.4 Å². The molecule has 0 bridgehead atoms. The van der Waals surface area contributed by atoms with Gasteiger partial charge in [0.2, 0.25) is 10.0 Å². The van der Waals surface area contributed by atoms with Gasteiger partial charge in [-0.25, -0.2) is 8.42 Å². The molecule has 29 heavy (non-hydrogen) atoms. The van der Waals surface area contributed by atoms with Gasteiger partial charge in [-0.05, 0) is 29.8 Å². The van der Waals surface area contributed by atoms with Gasteiger partial charge >= 0.3 is 0 Å². The highest BCUT2D eigenvalue weighted by atomic mass is 32.2. The molecule has 0 saturated carbocycles. The van der Waals surface area contributed by atoms with Crippen molar-refractivity contribution in [3.05, 3.63) is 101 Å². The molecule has 7 nitrogen and oxygen atoms in total. The lowest BCUT2D eigenvalue weighted by Gasteiger charge is -2.08. The molecule has 3 aromatic rings. The van der Waals surface area contributed by atoms with Crippen molar-refractivity contribution in [2.75, 3.05) is 6.61 Å². The first-order valence-corrected chi connectivity index (χ1v) is 10.4. The number of sulfonamides is 1. The number of rotatable bonds is 7. The lowest BCUT2D eigenvalue weighted by molar-refractivity contribution is -0.384. The Labute approximate surface area is 168 Å². The minimum Gasteiger partial charge on any atom is -0.492 e. The molecule has 0 N–H and O–H groups in total. The number of nitro groups is 1. The van der Waals surface area contributed by atoms with Crippen LogP contribution in [0.5, 0.6) is 5.75 Å². The van der Waals surface area contributed by atoms with Crippen LogP contribution >= 0.6 is 0 Å². The van der Waals surface area contributed by atoms with Crippen molar-refractivity contribution in [1.82, 2.24) is 4.31 Å². The standard InChI is InChI=1S/C21H18N2O5S/c24-23(25)17-11-13-19(14-12-17)29(26,27)22-20(15-28-18-9-5-2-6-10-18)21(22)16-7-3-1-4-8-16/h1-14,20-21H,15H2/t20-,21-,22?/m1/s1. The second-order valence-corrected chi connectivity index (χ2v) is 8.48. The lowest BCUT2D eigenvalue weighted by atomic mass is 10.1. The van der Waals surface area contributed by atoms with E-state index in [4.69, 9.17) is 4.74 Å². The Bertz CT molecular complexity index is 1100. The third-order valence-corrected chi connectivity index (χ3v) is 6.72. The third-order valence-electron chi connectivity index (χ3n) is 4.80. The monoisotopic (exact) mass is 410 g/mol. The largest absolute Gasteiger partial charge is 0.492 e. The zero-order valence-electron chi connectivity index (χ0n) is 15.3. The van der Waals surface area contributed by atoms with Gasteiger partial charge in [-0.3, -0.25) is 10.1 Å². The van der Waals surface area contributed by atoms with Crippen LogP contribution in [0.4, 0.5) is 5.69 Å². The number of para-hydroxylation sites is 1. The predicted octanol–water partition coefficient (Wildman–Crippen LogP) is 3.79. The second-order valence-electron chi connectivity index (χ2n) is 6.63. The molecule has 3 aromatic carbocycles. The maximum Gasteiger partial charge on any atom is 0.269 e. The van der Waals surface area contributed by atoms with E-state index in [0.717, 1.165) is 5.56 Å². The zero-order chi connectivity index (χ0) is 20.4. The van der Waals surface area contributed by atoms with E-state index >= 15 is 0 Å². The minimum atomic E-state index is -3.83. The summed E-state index contributed by atoms with van der Waals surface area (Å²) in [6.07, 6.45) is 0. The summed E-state index contributed by atoms with van der Waals surface area (Å²) in [5.74, 6) is 0.666. The molecule has 1 fully saturated rings. The van der Waals surface area contributed by atoms with E-state index in [-0.39, 0.29) is 29.3 Å². The number of nitro benzene ring substituents is 1. The summed E-state index contributed by atoms with van der Waals surface area (Å²) in [5, 5.41) is 10.8. The van der Waals surface area contributed by atoms with Crippen molar-refractivity contribution in [2.24, 2.45) is 0 Å². The van der Waals surface area contributed by atoms with Gasteiger partial charge in [-0.1, -0.05) is 48.5 Å². The zero-order valence-corrected chi connectivity index (χ0v) is 16.1. The summed E-state index contributed by atoms with van der Waals surface area (Å²) >= 11 is 0. The predicted molar refractivity (Wildman–Crippen MR) is 107 cm³/mol. The molecule has 0 amide bonds. The van der Waals surface area contributed by atoms with Gasteiger partial charge in [0.05, 0.1) is 21.9 Å². The van der Waals surface area contributed by atoms with Crippen LogP contribution in [-0.2, 0) is 10.0 Å². The van der Waals surface area contributed by atoms with E-state index in [9.17, 15) is 18.5 Å². The van der Waals surface area contributed by atoms with E-state index in [1.807, 2.05) is 60.7 Å². The SMILES string of the molecule is O=[N+]([O-])c1ccc(S(=O)(=O)N2[C@H](COc3ccccc3)[C@H]2c2ccccc2)cc1. The Kier molecular flexibility index (Phi) is 5.04. The first kappa shape index (κ1) is 19.1. The highest BCUT2D eigenvalue weighted by Crippen LogP contribution is 2.47. The number of hydrogen-bond acceptors (Lipinski definition) is 5. The summed E-state index contributed by atoms with van der Waals surface area (Å²) in [7, 11) is -3.83. The summed E-state index contributed by atoms with van der Waals surface area (Å²) < 4.78 is 33.6. The number of non-ortho nitro benzene ring substituents is 1. The fourth-order valence-electron chi connectivity index (χ4n) is 3.33. The van der Waals surface area contributed by atoms with Crippen molar-refractivity contribution in [1.29, 1.82) is 0 Å². The Morgan fingerprint density at radius 2 is 1.48 bits per heavy atom. The topological polar surface area (TPSA) is 89.5 Å². The minimum absolute atomic E-state index is 0.0197. The van der Waals surface area contributed by atoms with Crippen LogP contribution < -0.4 is 4.74 Å². The average molecular weight is 410 g/mol. The molecule has 8 heteroatoms. The maximum absolute atomic E-state index is 13.2. The number of nitrogens with zero attached hydrogens (tertiary/aromatic N) is 2. The van der Waals surface area contributed by atoms with Gasteiger partial charge in [0.25, 0.3) is 5.69 Å². The normalized spacial score (nSPS) is 20.8. The summed E-state index contributed by atoms with van der Waals surface area (Å²) in [5.41, 5.74) is 0.720. The van der Waals surface area contributed by atoms with Crippen molar-refractivity contribution >= 4 is 15.7 Å².